The summed E-state index contributed by atoms with van der Waals surface area (Å²) >= 11 is 1.65. The number of rotatable bonds is 3. The lowest BCUT2D eigenvalue weighted by Crippen LogP contribution is -2.11. The molecule has 1 aliphatic heterocycles. The van der Waals surface area contributed by atoms with Gasteiger partial charge in [-0.05, 0) is 19.8 Å². The lowest BCUT2D eigenvalue weighted by molar-refractivity contribution is 0.0699. The molecule has 2 N–H and O–H groups in total. The molecule has 15 heavy (non-hydrogen) atoms. The van der Waals surface area contributed by atoms with E-state index in [-0.39, 0.29) is 0 Å². The fourth-order valence-electron chi connectivity index (χ4n) is 1.63. The molecule has 6 heteroatoms. The first kappa shape index (κ1) is 10.8. The standard InChI is InChI=1S/C9H16N4OS/c1-6-3-4-7(14-6)5-15-9-12-11-8(10)13(9)2/h6-7H,3-5H2,1-2H3,(H2,10,11). The van der Waals surface area contributed by atoms with Gasteiger partial charge in [0.2, 0.25) is 5.95 Å². The Labute approximate surface area is 93.4 Å². The number of ether oxygens (including phenoxy) is 1. The molecule has 84 valence electrons. The molecule has 5 nitrogen and oxygen atoms in total. The zero-order valence-corrected chi connectivity index (χ0v) is 9.83. The maximum Gasteiger partial charge on any atom is 0.222 e. The minimum absolute atomic E-state index is 0.350. The van der Waals surface area contributed by atoms with Crippen molar-refractivity contribution in [2.45, 2.75) is 37.1 Å². The highest BCUT2D eigenvalue weighted by atomic mass is 32.2. The molecule has 0 radical (unpaired) electrons. The summed E-state index contributed by atoms with van der Waals surface area (Å²) < 4.78 is 7.51. The molecule has 2 atom stereocenters. The van der Waals surface area contributed by atoms with Crippen LogP contribution in [0.1, 0.15) is 19.8 Å². The Kier molecular flexibility index (Phi) is 3.16. The van der Waals surface area contributed by atoms with Crippen molar-refractivity contribution in [2.24, 2.45) is 7.05 Å². The van der Waals surface area contributed by atoms with E-state index in [0.29, 0.717) is 18.2 Å². The molecule has 0 bridgehead atoms. The Balaban J connectivity index is 1.85. The van der Waals surface area contributed by atoms with Crippen LogP contribution in [0.3, 0.4) is 0 Å². The van der Waals surface area contributed by atoms with Crippen molar-refractivity contribution >= 4 is 17.7 Å². The lowest BCUT2D eigenvalue weighted by atomic mass is 10.2. The number of thioether (sulfide) groups is 1. The van der Waals surface area contributed by atoms with Crippen molar-refractivity contribution in [3.8, 4) is 0 Å². The summed E-state index contributed by atoms with van der Waals surface area (Å²) in [5.41, 5.74) is 5.59. The first-order chi connectivity index (χ1) is 7.16. The summed E-state index contributed by atoms with van der Waals surface area (Å²) in [4.78, 5) is 0. The third-order valence-corrected chi connectivity index (χ3v) is 3.74. The van der Waals surface area contributed by atoms with Crippen LogP contribution in [-0.2, 0) is 11.8 Å². The second-order valence-electron chi connectivity index (χ2n) is 3.86. The summed E-state index contributed by atoms with van der Waals surface area (Å²) in [6, 6.07) is 0. The second-order valence-corrected chi connectivity index (χ2v) is 4.84. The number of hydrogen-bond donors (Lipinski definition) is 1. The Bertz CT molecular complexity index is 341. The molecule has 2 unspecified atom stereocenters. The summed E-state index contributed by atoms with van der Waals surface area (Å²) in [6.07, 6.45) is 3.05. The van der Waals surface area contributed by atoms with Gasteiger partial charge in [0, 0.05) is 12.8 Å². The summed E-state index contributed by atoms with van der Waals surface area (Å²) in [6.45, 7) is 2.12. The van der Waals surface area contributed by atoms with Crippen LogP contribution in [0, 0.1) is 0 Å². The summed E-state index contributed by atoms with van der Waals surface area (Å²) in [5.74, 6) is 1.38. The molecule has 1 aromatic rings. The number of anilines is 1. The molecular formula is C9H16N4OS. The molecule has 0 spiro atoms. The molecule has 2 rings (SSSR count). The van der Waals surface area contributed by atoms with E-state index in [1.54, 1.807) is 16.3 Å². The number of nitrogens with zero attached hydrogens (tertiary/aromatic N) is 3. The maximum atomic E-state index is 5.72. The van der Waals surface area contributed by atoms with Crippen molar-refractivity contribution in [2.75, 3.05) is 11.5 Å². The predicted octanol–water partition coefficient (Wildman–Crippen LogP) is 1.06. The number of hydrogen-bond acceptors (Lipinski definition) is 5. The van der Waals surface area contributed by atoms with E-state index in [4.69, 9.17) is 10.5 Å². The van der Waals surface area contributed by atoms with Gasteiger partial charge in [0.05, 0.1) is 12.2 Å². The highest BCUT2D eigenvalue weighted by Gasteiger charge is 2.22. The van der Waals surface area contributed by atoms with Gasteiger partial charge in [-0.25, -0.2) is 0 Å². The van der Waals surface area contributed by atoms with Crippen molar-refractivity contribution in [1.82, 2.24) is 14.8 Å². The van der Waals surface area contributed by atoms with Gasteiger partial charge in [0.1, 0.15) is 0 Å². The number of aromatic nitrogens is 3. The molecule has 1 aromatic heterocycles. The number of nitrogens with two attached hydrogens (primary N) is 1. The van der Waals surface area contributed by atoms with Gasteiger partial charge < -0.3 is 10.5 Å². The quantitative estimate of drug-likeness (QED) is 0.783. The molecule has 1 fully saturated rings. The maximum absolute atomic E-state index is 5.72. The zero-order chi connectivity index (χ0) is 10.8. The Morgan fingerprint density at radius 1 is 1.53 bits per heavy atom. The van der Waals surface area contributed by atoms with Crippen LogP contribution in [0.4, 0.5) is 5.95 Å². The first-order valence-corrected chi connectivity index (χ1v) is 6.08. The van der Waals surface area contributed by atoms with Gasteiger partial charge in [-0.15, -0.1) is 10.2 Å². The highest BCUT2D eigenvalue weighted by Crippen LogP contribution is 2.25. The summed E-state index contributed by atoms with van der Waals surface area (Å²) in [7, 11) is 1.87. The minimum atomic E-state index is 0.350. The molecule has 2 heterocycles. The molecule has 0 amide bonds. The Hall–Kier alpha value is -0.750. The smallest absolute Gasteiger partial charge is 0.222 e. The van der Waals surface area contributed by atoms with Crippen molar-refractivity contribution < 1.29 is 4.74 Å². The van der Waals surface area contributed by atoms with Crippen LogP contribution in [0.25, 0.3) is 0 Å². The van der Waals surface area contributed by atoms with Crippen LogP contribution < -0.4 is 5.73 Å². The van der Waals surface area contributed by atoms with Gasteiger partial charge in [-0.1, -0.05) is 11.8 Å². The molecule has 1 aliphatic rings. The van der Waals surface area contributed by atoms with Gasteiger partial charge in [-0.3, -0.25) is 4.57 Å². The second kappa shape index (κ2) is 4.40. The van der Waals surface area contributed by atoms with Crippen LogP contribution in [-0.4, -0.2) is 32.7 Å². The van der Waals surface area contributed by atoms with E-state index in [2.05, 4.69) is 17.1 Å². The largest absolute Gasteiger partial charge is 0.374 e. The van der Waals surface area contributed by atoms with Crippen molar-refractivity contribution in [3.05, 3.63) is 0 Å². The van der Waals surface area contributed by atoms with E-state index in [9.17, 15) is 0 Å². The molecule has 0 aromatic carbocycles. The van der Waals surface area contributed by atoms with Crippen LogP contribution in [0.2, 0.25) is 0 Å². The first-order valence-electron chi connectivity index (χ1n) is 5.10. The fourth-order valence-corrected chi connectivity index (χ4v) is 2.59. The van der Waals surface area contributed by atoms with Gasteiger partial charge >= 0.3 is 0 Å². The third-order valence-electron chi connectivity index (χ3n) is 2.59. The van der Waals surface area contributed by atoms with E-state index in [1.165, 1.54) is 0 Å². The SMILES string of the molecule is CC1CCC(CSc2nnc(N)n2C)O1. The monoisotopic (exact) mass is 228 g/mol. The Morgan fingerprint density at radius 3 is 2.87 bits per heavy atom. The van der Waals surface area contributed by atoms with Gasteiger partial charge in [0.25, 0.3) is 0 Å². The molecular weight excluding hydrogens is 212 g/mol. The topological polar surface area (TPSA) is 66.0 Å². The van der Waals surface area contributed by atoms with Crippen LogP contribution in [0.5, 0.6) is 0 Å². The highest BCUT2D eigenvalue weighted by molar-refractivity contribution is 7.99. The molecule has 1 saturated heterocycles. The van der Waals surface area contributed by atoms with Crippen molar-refractivity contribution in [1.29, 1.82) is 0 Å². The van der Waals surface area contributed by atoms with Gasteiger partial charge in [-0.2, -0.15) is 0 Å². The third kappa shape index (κ3) is 2.43. The lowest BCUT2D eigenvalue weighted by Gasteiger charge is -2.09. The minimum Gasteiger partial charge on any atom is -0.374 e. The van der Waals surface area contributed by atoms with E-state index in [1.807, 2.05) is 7.05 Å². The normalized spacial score (nSPS) is 26.0. The fraction of sp³-hybridized carbons (Fsp3) is 0.778. The van der Waals surface area contributed by atoms with E-state index in [0.717, 1.165) is 23.8 Å². The molecule has 0 aliphatic carbocycles. The van der Waals surface area contributed by atoms with Gasteiger partial charge in [0.15, 0.2) is 5.16 Å². The van der Waals surface area contributed by atoms with Crippen LogP contribution >= 0.6 is 11.8 Å². The van der Waals surface area contributed by atoms with Crippen LogP contribution in [0.15, 0.2) is 5.16 Å². The number of nitrogen functional groups attached to an aromatic ring is 1. The summed E-state index contributed by atoms with van der Waals surface area (Å²) in [5, 5.41) is 8.65. The average molecular weight is 228 g/mol. The molecule has 0 saturated carbocycles. The predicted molar refractivity (Wildman–Crippen MR) is 59.7 cm³/mol. The zero-order valence-electron chi connectivity index (χ0n) is 9.01. The van der Waals surface area contributed by atoms with Crippen molar-refractivity contribution in [3.63, 3.8) is 0 Å². The Morgan fingerprint density at radius 2 is 2.33 bits per heavy atom. The van der Waals surface area contributed by atoms with E-state index >= 15 is 0 Å². The average Bonchev–Trinajstić information content (AvgIpc) is 2.74. The van der Waals surface area contributed by atoms with E-state index < -0.39 is 0 Å².